The molecule has 1 rings (SSSR count). The number of ether oxygens (including phenoxy) is 5. The van der Waals surface area contributed by atoms with E-state index in [1.807, 2.05) is 6.08 Å². The average Bonchev–Trinajstić information content (AvgIpc) is 3.37. The molecule has 1 aliphatic heterocycles. The fourth-order valence-corrected chi connectivity index (χ4v) is 7.63. The number of aliphatic hydroxyl groups is 2. The third-order valence-corrected chi connectivity index (χ3v) is 11.8. The molecule has 73 heavy (non-hydrogen) atoms. The van der Waals surface area contributed by atoms with Gasteiger partial charge < -0.3 is 39.0 Å². The molecule has 0 aliphatic carbocycles. The molecule has 0 radical (unpaired) electrons. The van der Waals surface area contributed by atoms with Gasteiger partial charge in [0.25, 0.3) is 0 Å². The zero-order valence-electron chi connectivity index (χ0n) is 45.1. The molecule has 1 heterocycles. The van der Waals surface area contributed by atoms with Crippen LogP contribution in [0.4, 0.5) is 0 Å². The van der Waals surface area contributed by atoms with Crippen molar-refractivity contribution in [2.75, 3.05) is 13.2 Å². The van der Waals surface area contributed by atoms with Crippen LogP contribution in [0, 0.1) is 0 Å². The highest BCUT2D eigenvalue weighted by atomic mass is 16.7. The van der Waals surface area contributed by atoms with E-state index in [-0.39, 0.29) is 25.9 Å². The second kappa shape index (κ2) is 48.3. The number of rotatable bonds is 45. The number of hydrogen-bond acceptors (Lipinski definition) is 11. The monoisotopic (exact) mass is 1020 g/mol. The molecule has 0 amide bonds. The number of aliphatic carboxylic acids is 1. The van der Waals surface area contributed by atoms with Crippen molar-refractivity contribution in [1.82, 2.24) is 0 Å². The molecule has 12 heteroatoms. The summed E-state index contributed by atoms with van der Waals surface area (Å²) in [6, 6.07) is 0. The van der Waals surface area contributed by atoms with Gasteiger partial charge in [-0.25, -0.2) is 4.79 Å². The molecular formula is C61H96O12. The quantitative estimate of drug-likeness (QED) is 0.0228. The lowest BCUT2D eigenvalue weighted by molar-refractivity contribution is -0.301. The lowest BCUT2D eigenvalue weighted by Gasteiger charge is -2.40. The summed E-state index contributed by atoms with van der Waals surface area (Å²) in [5.74, 6) is -3.25. The Kier molecular flexibility index (Phi) is 44.0. The van der Waals surface area contributed by atoms with Crippen LogP contribution < -0.4 is 0 Å². The molecule has 0 spiro atoms. The highest BCUT2D eigenvalue weighted by Gasteiger charge is 2.50. The predicted molar refractivity (Wildman–Crippen MR) is 294 cm³/mol. The second-order valence-electron chi connectivity index (χ2n) is 18.5. The smallest absolute Gasteiger partial charge is 0.335 e. The number of carbonyl (C=O) groups is 4. The third-order valence-electron chi connectivity index (χ3n) is 11.8. The molecular weight excluding hydrogens is 925 g/mol. The van der Waals surface area contributed by atoms with Gasteiger partial charge in [-0.05, 0) is 96.3 Å². The van der Waals surface area contributed by atoms with Gasteiger partial charge in [0, 0.05) is 19.3 Å². The number of allylic oxidation sites excluding steroid dienone is 18. The van der Waals surface area contributed by atoms with E-state index in [1.54, 1.807) is 0 Å². The molecule has 0 aromatic rings. The highest BCUT2D eigenvalue weighted by molar-refractivity contribution is 5.74. The van der Waals surface area contributed by atoms with Crippen molar-refractivity contribution in [3.63, 3.8) is 0 Å². The minimum Gasteiger partial charge on any atom is -0.479 e. The molecule has 1 saturated heterocycles. The SMILES string of the molecule is CC/C=C\C/C=C\C/C=C\C/C=C\C/C=C\CCCC(=O)OCC(COC1OC(C(=O)O)C(O)C(O)C1OC(=O)CCCCCCCCCCC)OC(=O)CCCCCC/C=C\C/C=C\C/C=C\C/C=C\CC. The molecule has 0 aromatic heterocycles. The number of carboxylic acids is 1. The fourth-order valence-electron chi connectivity index (χ4n) is 7.63. The third kappa shape index (κ3) is 38.6. The van der Waals surface area contributed by atoms with Crippen molar-refractivity contribution in [1.29, 1.82) is 0 Å². The predicted octanol–water partition coefficient (Wildman–Crippen LogP) is 13.9. The van der Waals surface area contributed by atoms with Crippen molar-refractivity contribution < 1.29 is 58.2 Å². The molecule has 1 fully saturated rings. The van der Waals surface area contributed by atoms with Crippen molar-refractivity contribution in [2.24, 2.45) is 0 Å². The van der Waals surface area contributed by atoms with E-state index in [9.17, 15) is 34.5 Å². The summed E-state index contributed by atoms with van der Waals surface area (Å²) in [5.41, 5.74) is 0. The largest absolute Gasteiger partial charge is 0.479 e. The fraction of sp³-hybridized carbons (Fsp3) is 0.639. The van der Waals surface area contributed by atoms with E-state index < -0.39 is 67.3 Å². The van der Waals surface area contributed by atoms with Crippen molar-refractivity contribution >= 4 is 23.9 Å². The standard InChI is InChI=1S/C61H96O12/c1-4-7-10-13-16-19-21-23-25-27-29-31-33-36-38-41-44-47-53(62)69-50-52(71-54(63)48-45-42-40-37-34-32-30-28-26-24-22-20-17-14-11-8-5-2)51-70-61-59(57(66)56(65)58(73-61)60(67)68)72-55(64)49-46-43-39-35-18-15-12-9-6-3/h7-8,10-11,16-17,19-20,23-26,29-32,36,38,52,56-59,61,65-66H,4-6,9,12-15,18,21-22,27-28,33-35,37,39-51H2,1-3H3,(H,67,68)/b10-7-,11-8-,19-16-,20-17-,25-23-,26-24-,31-29-,32-30-,38-36-. The number of aliphatic hydroxyl groups excluding tert-OH is 2. The first-order valence-electron chi connectivity index (χ1n) is 27.9. The maximum Gasteiger partial charge on any atom is 0.335 e. The van der Waals surface area contributed by atoms with Gasteiger partial charge >= 0.3 is 23.9 Å². The topological polar surface area (TPSA) is 175 Å². The van der Waals surface area contributed by atoms with Gasteiger partial charge in [0.05, 0.1) is 6.61 Å². The lowest BCUT2D eigenvalue weighted by Crippen LogP contribution is -2.61. The molecule has 0 saturated carbocycles. The van der Waals surface area contributed by atoms with Gasteiger partial charge in [0.15, 0.2) is 24.6 Å². The van der Waals surface area contributed by atoms with Crippen molar-refractivity contribution in [3.05, 3.63) is 109 Å². The molecule has 6 atom stereocenters. The highest BCUT2D eigenvalue weighted by Crippen LogP contribution is 2.26. The summed E-state index contributed by atoms with van der Waals surface area (Å²) in [4.78, 5) is 50.9. The summed E-state index contributed by atoms with van der Waals surface area (Å²) in [5, 5.41) is 31.3. The zero-order chi connectivity index (χ0) is 53.3. The van der Waals surface area contributed by atoms with Crippen LogP contribution in [0.5, 0.6) is 0 Å². The van der Waals surface area contributed by atoms with Crippen LogP contribution in [-0.4, -0.2) is 89.2 Å². The first kappa shape index (κ1) is 66.4. The first-order valence-corrected chi connectivity index (χ1v) is 27.9. The molecule has 412 valence electrons. The van der Waals surface area contributed by atoms with Crippen LogP contribution in [0.2, 0.25) is 0 Å². The Labute approximate surface area is 440 Å². The molecule has 0 bridgehead atoms. The van der Waals surface area contributed by atoms with Crippen molar-refractivity contribution in [3.8, 4) is 0 Å². The Morgan fingerprint density at radius 1 is 0.466 bits per heavy atom. The normalized spacial score (nSPS) is 19.2. The van der Waals surface area contributed by atoms with E-state index in [0.29, 0.717) is 25.7 Å². The number of esters is 3. The lowest BCUT2D eigenvalue weighted by atomic mass is 9.98. The number of hydrogen-bond donors (Lipinski definition) is 3. The molecule has 6 unspecified atom stereocenters. The number of carbonyl (C=O) groups excluding carboxylic acids is 3. The Bertz CT molecular complexity index is 1690. The van der Waals surface area contributed by atoms with Crippen LogP contribution in [-0.2, 0) is 42.9 Å². The summed E-state index contributed by atoms with van der Waals surface area (Å²) < 4.78 is 28.2. The van der Waals surface area contributed by atoms with Gasteiger partial charge in [0.1, 0.15) is 18.8 Å². The van der Waals surface area contributed by atoms with E-state index in [1.165, 1.54) is 25.7 Å². The van der Waals surface area contributed by atoms with Crippen LogP contribution in [0.25, 0.3) is 0 Å². The van der Waals surface area contributed by atoms with Crippen molar-refractivity contribution in [2.45, 2.75) is 237 Å². The molecule has 0 aromatic carbocycles. The summed E-state index contributed by atoms with van der Waals surface area (Å²) >= 11 is 0. The van der Waals surface area contributed by atoms with Crippen LogP contribution in [0.3, 0.4) is 0 Å². The van der Waals surface area contributed by atoms with Gasteiger partial charge in [-0.15, -0.1) is 0 Å². The average molecular weight is 1020 g/mol. The van der Waals surface area contributed by atoms with Gasteiger partial charge in [-0.1, -0.05) is 194 Å². The minimum atomic E-state index is -1.92. The second-order valence-corrected chi connectivity index (χ2v) is 18.5. The minimum absolute atomic E-state index is 0.0476. The van der Waals surface area contributed by atoms with Crippen LogP contribution >= 0.6 is 0 Å². The maximum absolute atomic E-state index is 13.1. The van der Waals surface area contributed by atoms with Gasteiger partial charge in [0.2, 0.25) is 0 Å². The number of carboxylic acid groups (broad SMARTS) is 1. The zero-order valence-corrected chi connectivity index (χ0v) is 45.1. The van der Waals surface area contributed by atoms with Gasteiger partial charge in [-0.2, -0.15) is 0 Å². The Hall–Kier alpha value is -4.62. The maximum atomic E-state index is 13.1. The Morgan fingerprint density at radius 3 is 1.36 bits per heavy atom. The molecule has 3 N–H and O–H groups in total. The summed E-state index contributed by atoms with van der Waals surface area (Å²) in [7, 11) is 0. The van der Waals surface area contributed by atoms with E-state index >= 15 is 0 Å². The molecule has 12 nitrogen and oxygen atoms in total. The Morgan fingerprint density at radius 2 is 0.877 bits per heavy atom. The van der Waals surface area contributed by atoms with Crippen LogP contribution in [0.15, 0.2) is 109 Å². The molecule has 1 aliphatic rings. The summed E-state index contributed by atoms with van der Waals surface area (Å²) in [6.07, 6.45) is 52.3. The van der Waals surface area contributed by atoms with E-state index in [4.69, 9.17) is 23.7 Å². The van der Waals surface area contributed by atoms with Gasteiger partial charge in [-0.3, -0.25) is 14.4 Å². The van der Waals surface area contributed by atoms with Crippen LogP contribution in [0.1, 0.15) is 201 Å². The van der Waals surface area contributed by atoms with E-state index in [0.717, 1.165) is 109 Å². The first-order chi connectivity index (χ1) is 35.6. The Balaban J connectivity index is 2.76. The summed E-state index contributed by atoms with van der Waals surface area (Å²) in [6.45, 7) is 5.64. The van der Waals surface area contributed by atoms with E-state index in [2.05, 4.69) is 124 Å². The number of unbranched alkanes of at least 4 members (excludes halogenated alkanes) is 13.